The molecule has 0 nitrogen and oxygen atoms in total. The van der Waals surface area contributed by atoms with Crippen LogP contribution in [-0.4, -0.2) is 0 Å². The molecule has 14 heavy (non-hydrogen) atoms. The van der Waals surface area contributed by atoms with Gasteiger partial charge in [-0.3, -0.25) is 0 Å². The fourth-order valence-corrected chi connectivity index (χ4v) is 2.47. The summed E-state index contributed by atoms with van der Waals surface area (Å²) in [6.07, 6.45) is 4.69. The van der Waals surface area contributed by atoms with E-state index < -0.39 is 0 Å². The van der Waals surface area contributed by atoms with Crippen LogP contribution in [0.15, 0.2) is 30.3 Å². The van der Waals surface area contributed by atoms with E-state index in [0.29, 0.717) is 5.41 Å². The first-order chi connectivity index (χ1) is 6.71. The summed E-state index contributed by atoms with van der Waals surface area (Å²) < 4.78 is 0. The lowest BCUT2D eigenvalue weighted by Gasteiger charge is -2.22. The maximum atomic E-state index is 2.38. The van der Waals surface area contributed by atoms with Crippen molar-refractivity contribution in [2.45, 2.75) is 39.0 Å². The third-order valence-electron chi connectivity index (χ3n) is 3.63. The monoisotopic (exact) mass is 186 g/mol. The molecule has 0 N–H and O–H groups in total. The summed E-state index contributed by atoms with van der Waals surface area (Å²) >= 11 is 0. The number of allylic oxidation sites excluding steroid dienone is 2. The molecule has 74 valence electrons. The molecule has 0 amide bonds. The van der Waals surface area contributed by atoms with Crippen molar-refractivity contribution in [2.24, 2.45) is 0 Å². The second kappa shape index (κ2) is 3.27. The molecule has 2 rings (SSSR count). The van der Waals surface area contributed by atoms with Gasteiger partial charge in [0.25, 0.3) is 0 Å². The number of benzene rings is 1. The van der Waals surface area contributed by atoms with Crippen LogP contribution in [0.1, 0.15) is 44.7 Å². The van der Waals surface area contributed by atoms with Crippen molar-refractivity contribution in [1.82, 2.24) is 0 Å². The van der Waals surface area contributed by atoms with Gasteiger partial charge in [0.15, 0.2) is 0 Å². The topological polar surface area (TPSA) is 0 Å². The highest BCUT2D eigenvalue weighted by Gasteiger charge is 2.34. The van der Waals surface area contributed by atoms with E-state index in [9.17, 15) is 0 Å². The van der Waals surface area contributed by atoms with Gasteiger partial charge in [-0.2, -0.15) is 0 Å². The second-order valence-electron chi connectivity index (χ2n) is 4.45. The van der Waals surface area contributed by atoms with Crippen LogP contribution in [0, 0.1) is 0 Å². The highest BCUT2D eigenvalue weighted by molar-refractivity contribution is 5.75. The van der Waals surface area contributed by atoms with Gasteiger partial charge in [0.05, 0.1) is 0 Å². The predicted molar refractivity (Wildman–Crippen MR) is 62.4 cm³/mol. The molecule has 0 bridgehead atoms. The van der Waals surface area contributed by atoms with Gasteiger partial charge < -0.3 is 0 Å². The zero-order valence-corrected chi connectivity index (χ0v) is 9.30. The molecule has 1 aromatic rings. The molecule has 1 unspecified atom stereocenters. The molecule has 1 atom stereocenters. The van der Waals surface area contributed by atoms with Gasteiger partial charge in [-0.1, -0.05) is 44.2 Å². The molecular formula is C14H18. The van der Waals surface area contributed by atoms with Gasteiger partial charge in [0.2, 0.25) is 0 Å². The Balaban J connectivity index is 2.60. The second-order valence-corrected chi connectivity index (χ2v) is 4.45. The molecule has 0 heteroatoms. The molecule has 1 aliphatic carbocycles. The van der Waals surface area contributed by atoms with Gasteiger partial charge in [-0.05, 0) is 41.9 Å². The Morgan fingerprint density at radius 3 is 2.71 bits per heavy atom. The molecular weight excluding hydrogens is 168 g/mol. The Morgan fingerprint density at radius 1 is 1.36 bits per heavy atom. The Kier molecular flexibility index (Phi) is 2.22. The summed E-state index contributed by atoms with van der Waals surface area (Å²) in [5.74, 6) is 0. The van der Waals surface area contributed by atoms with Crippen LogP contribution >= 0.6 is 0 Å². The third kappa shape index (κ3) is 1.21. The largest absolute Gasteiger partial charge is 0.0838 e. The first kappa shape index (κ1) is 9.51. The molecule has 1 aliphatic rings. The van der Waals surface area contributed by atoms with E-state index in [4.69, 9.17) is 0 Å². The van der Waals surface area contributed by atoms with Gasteiger partial charge in [-0.25, -0.2) is 0 Å². The lowest BCUT2D eigenvalue weighted by molar-refractivity contribution is 0.484. The normalized spacial score (nSPS) is 28.1. The minimum Gasteiger partial charge on any atom is -0.0838 e. The van der Waals surface area contributed by atoms with Gasteiger partial charge in [0.1, 0.15) is 0 Å². The van der Waals surface area contributed by atoms with Crippen LogP contribution in [-0.2, 0) is 5.41 Å². The van der Waals surface area contributed by atoms with Crippen molar-refractivity contribution in [1.29, 1.82) is 0 Å². The van der Waals surface area contributed by atoms with Gasteiger partial charge >= 0.3 is 0 Å². The predicted octanol–water partition coefficient (Wildman–Crippen LogP) is 4.16. The molecule has 0 radical (unpaired) electrons. The highest BCUT2D eigenvalue weighted by atomic mass is 14.4. The van der Waals surface area contributed by atoms with Crippen LogP contribution in [0.3, 0.4) is 0 Å². The van der Waals surface area contributed by atoms with Crippen molar-refractivity contribution in [3.8, 4) is 0 Å². The number of fused-ring (bicyclic) bond motifs is 1. The molecule has 0 saturated carbocycles. The quantitative estimate of drug-likeness (QED) is 0.617. The maximum Gasteiger partial charge on any atom is -0.00314 e. The van der Waals surface area contributed by atoms with Crippen LogP contribution in [0.4, 0.5) is 0 Å². The van der Waals surface area contributed by atoms with Crippen molar-refractivity contribution in [3.63, 3.8) is 0 Å². The molecule has 0 aromatic heterocycles. The first-order valence-corrected chi connectivity index (χ1v) is 5.46. The average molecular weight is 186 g/mol. The number of rotatable bonds is 1. The third-order valence-corrected chi connectivity index (χ3v) is 3.63. The van der Waals surface area contributed by atoms with E-state index in [1.807, 2.05) is 0 Å². The summed E-state index contributed by atoms with van der Waals surface area (Å²) in [5.41, 5.74) is 4.90. The van der Waals surface area contributed by atoms with Crippen molar-refractivity contribution >= 4 is 5.57 Å². The average Bonchev–Trinajstić information content (AvgIpc) is 2.54. The van der Waals surface area contributed by atoms with Gasteiger partial charge in [-0.15, -0.1) is 0 Å². The highest BCUT2D eigenvalue weighted by Crippen LogP contribution is 2.46. The van der Waals surface area contributed by atoms with E-state index in [-0.39, 0.29) is 0 Å². The molecule has 0 aliphatic heterocycles. The van der Waals surface area contributed by atoms with E-state index in [1.165, 1.54) is 29.5 Å². The van der Waals surface area contributed by atoms with E-state index in [1.54, 1.807) is 0 Å². The summed E-state index contributed by atoms with van der Waals surface area (Å²) in [6, 6.07) is 8.84. The Bertz CT molecular complexity index is 373. The minimum atomic E-state index is 0.373. The van der Waals surface area contributed by atoms with Crippen LogP contribution in [0.25, 0.3) is 5.57 Å². The Hall–Kier alpha value is -1.04. The van der Waals surface area contributed by atoms with Crippen molar-refractivity contribution < 1.29 is 0 Å². The Labute approximate surface area is 86.7 Å². The standard InChI is InChI=1S/C14H18/c1-4-11-10-14(3,5-2)13-9-7-6-8-12(11)13/h4,6-9H,5,10H2,1-3H3/b11-4+. The van der Waals surface area contributed by atoms with E-state index in [2.05, 4.69) is 51.1 Å². The minimum absolute atomic E-state index is 0.373. The summed E-state index contributed by atoms with van der Waals surface area (Å²) in [7, 11) is 0. The maximum absolute atomic E-state index is 2.38. The number of hydrogen-bond acceptors (Lipinski definition) is 0. The lowest BCUT2D eigenvalue weighted by Crippen LogP contribution is -2.15. The SMILES string of the molecule is C/C=C1\CC(C)(CC)c2ccccc21. The van der Waals surface area contributed by atoms with Crippen molar-refractivity contribution in [2.75, 3.05) is 0 Å². The molecule has 0 saturated heterocycles. The fourth-order valence-electron chi connectivity index (χ4n) is 2.47. The fraction of sp³-hybridized carbons (Fsp3) is 0.429. The van der Waals surface area contributed by atoms with Crippen LogP contribution < -0.4 is 0 Å². The molecule has 0 fully saturated rings. The van der Waals surface area contributed by atoms with Crippen LogP contribution in [0.2, 0.25) is 0 Å². The van der Waals surface area contributed by atoms with E-state index >= 15 is 0 Å². The summed E-state index contributed by atoms with van der Waals surface area (Å²) in [5, 5.41) is 0. The van der Waals surface area contributed by atoms with Crippen molar-refractivity contribution in [3.05, 3.63) is 41.5 Å². The molecule has 1 aromatic carbocycles. The van der Waals surface area contributed by atoms with Crippen LogP contribution in [0.5, 0.6) is 0 Å². The Morgan fingerprint density at radius 2 is 2.07 bits per heavy atom. The first-order valence-electron chi connectivity index (χ1n) is 5.46. The summed E-state index contributed by atoms with van der Waals surface area (Å²) in [6.45, 7) is 6.81. The molecule has 0 heterocycles. The zero-order chi connectivity index (χ0) is 10.2. The summed E-state index contributed by atoms with van der Waals surface area (Å²) in [4.78, 5) is 0. The number of hydrogen-bond donors (Lipinski definition) is 0. The smallest absolute Gasteiger partial charge is 0.00314 e. The molecule has 0 spiro atoms. The lowest BCUT2D eigenvalue weighted by atomic mass is 9.81. The van der Waals surface area contributed by atoms with E-state index in [0.717, 1.165) is 0 Å². The van der Waals surface area contributed by atoms with Gasteiger partial charge in [0, 0.05) is 0 Å². The zero-order valence-electron chi connectivity index (χ0n) is 9.30.